The van der Waals surface area contributed by atoms with Crippen LogP contribution < -0.4 is 10.1 Å². The van der Waals surface area contributed by atoms with Crippen molar-refractivity contribution >= 4 is 33.9 Å². The molecule has 124 valence electrons. The van der Waals surface area contributed by atoms with Gasteiger partial charge in [0.25, 0.3) is 5.91 Å². The number of hydrogen-bond donors (Lipinski definition) is 1. The van der Waals surface area contributed by atoms with Gasteiger partial charge in [0, 0.05) is 6.54 Å². The summed E-state index contributed by atoms with van der Waals surface area (Å²) in [6.07, 6.45) is 3.47. The highest BCUT2D eigenvalue weighted by Gasteiger charge is 2.32. The van der Waals surface area contributed by atoms with Gasteiger partial charge in [-0.2, -0.15) is 0 Å². The molecule has 0 aliphatic carbocycles. The molecule has 1 aliphatic rings. The van der Waals surface area contributed by atoms with E-state index in [2.05, 4.69) is 28.2 Å². The lowest BCUT2D eigenvalue weighted by Gasteiger charge is -2.14. The molecule has 23 heavy (non-hydrogen) atoms. The molecule has 2 rings (SSSR count). The van der Waals surface area contributed by atoms with E-state index in [-0.39, 0.29) is 18.0 Å². The van der Waals surface area contributed by atoms with Crippen molar-refractivity contribution in [2.24, 2.45) is 0 Å². The van der Waals surface area contributed by atoms with Crippen LogP contribution in [0.2, 0.25) is 0 Å². The molecule has 0 bridgehead atoms. The van der Waals surface area contributed by atoms with Crippen LogP contribution in [0.4, 0.5) is 4.79 Å². The Bertz CT molecular complexity index is 643. The Balaban J connectivity index is 2.19. The van der Waals surface area contributed by atoms with Crippen molar-refractivity contribution in [3.05, 3.63) is 33.9 Å². The Labute approximate surface area is 144 Å². The average Bonchev–Trinajstić information content (AvgIpc) is 2.78. The average molecular weight is 381 g/mol. The van der Waals surface area contributed by atoms with Crippen molar-refractivity contribution in [1.29, 1.82) is 0 Å². The molecule has 1 atom stereocenters. The van der Waals surface area contributed by atoms with Crippen LogP contribution in [0.5, 0.6) is 5.75 Å². The maximum absolute atomic E-state index is 12.2. The summed E-state index contributed by atoms with van der Waals surface area (Å²) in [6.45, 7) is 6.42. The van der Waals surface area contributed by atoms with E-state index < -0.39 is 0 Å². The molecule has 5 nitrogen and oxygen atoms in total. The van der Waals surface area contributed by atoms with Gasteiger partial charge in [0.05, 0.1) is 10.6 Å². The SMILES string of the molecule is CCCN1C(=O)N/C(=C/c2ccc(O[C@H](C)CC)c(Br)c2)C1=O. The number of halogens is 1. The van der Waals surface area contributed by atoms with Gasteiger partial charge in [-0.3, -0.25) is 9.69 Å². The summed E-state index contributed by atoms with van der Waals surface area (Å²) in [7, 11) is 0. The predicted octanol–water partition coefficient (Wildman–Crippen LogP) is 3.93. The van der Waals surface area contributed by atoms with Crippen LogP contribution >= 0.6 is 15.9 Å². The maximum Gasteiger partial charge on any atom is 0.329 e. The van der Waals surface area contributed by atoms with Crippen LogP contribution in [-0.2, 0) is 4.79 Å². The molecule has 1 saturated heterocycles. The van der Waals surface area contributed by atoms with E-state index in [1.165, 1.54) is 4.90 Å². The Morgan fingerprint density at radius 2 is 2.09 bits per heavy atom. The van der Waals surface area contributed by atoms with E-state index in [4.69, 9.17) is 4.74 Å². The quantitative estimate of drug-likeness (QED) is 0.600. The topological polar surface area (TPSA) is 58.6 Å². The Hall–Kier alpha value is -1.82. The van der Waals surface area contributed by atoms with Gasteiger partial charge in [-0.1, -0.05) is 19.9 Å². The van der Waals surface area contributed by atoms with Gasteiger partial charge < -0.3 is 10.1 Å². The normalized spacial score (nSPS) is 17.6. The number of rotatable bonds is 6. The van der Waals surface area contributed by atoms with Crippen molar-refractivity contribution in [2.45, 2.75) is 39.7 Å². The highest BCUT2D eigenvalue weighted by molar-refractivity contribution is 9.10. The third-order valence-electron chi connectivity index (χ3n) is 3.58. The molecule has 0 saturated carbocycles. The molecule has 0 unspecified atom stereocenters. The summed E-state index contributed by atoms with van der Waals surface area (Å²) in [5.41, 5.74) is 1.11. The lowest BCUT2D eigenvalue weighted by atomic mass is 10.2. The number of carbonyl (C=O) groups excluding carboxylic acids is 2. The first kappa shape index (κ1) is 17.5. The zero-order chi connectivity index (χ0) is 17.0. The number of carbonyl (C=O) groups is 2. The van der Waals surface area contributed by atoms with Gasteiger partial charge >= 0.3 is 6.03 Å². The summed E-state index contributed by atoms with van der Waals surface area (Å²) in [4.78, 5) is 25.2. The van der Waals surface area contributed by atoms with Gasteiger partial charge in [-0.25, -0.2) is 4.79 Å². The maximum atomic E-state index is 12.2. The number of amides is 3. The Morgan fingerprint density at radius 3 is 2.70 bits per heavy atom. The molecule has 1 aromatic carbocycles. The molecule has 1 aliphatic heterocycles. The smallest absolute Gasteiger partial charge is 0.329 e. The molecule has 1 heterocycles. The minimum atomic E-state index is -0.362. The first-order valence-electron chi connectivity index (χ1n) is 7.77. The van der Waals surface area contributed by atoms with E-state index >= 15 is 0 Å². The molecule has 3 amide bonds. The molecule has 6 heteroatoms. The fourth-order valence-corrected chi connectivity index (χ4v) is 2.66. The fraction of sp³-hybridized carbons (Fsp3) is 0.412. The van der Waals surface area contributed by atoms with Crippen LogP contribution in [0.25, 0.3) is 6.08 Å². The molecule has 0 aromatic heterocycles. The molecule has 0 spiro atoms. The summed E-state index contributed by atoms with van der Waals surface area (Å²) >= 11 is 3.48. The number of ether oxygens (including phenoxy) is 1. The summed E-state index contributed by atoms with van der Waals surface area (Å²) < 4.78 is 6.61. The molecular formula is C17H21BrN2O3. The second-order valence-electron chi connectivity index (χ2n) is 5.47. The number of hydrogen-bond acceptors (Lipinski definition) is 3. The fourth-order valence-electron chi connectivity index (χ4n) is 2.17. The standard InChI is InChI=1S/C17H21BrN2O3/c1-4-8-20-16(21)14(19-17(20)22)10-12-6-7-15(13(18)9-12)23-11(3)5-2/h6-7,9-11H,4-5,8H2,1-3H3,(H,19,22)/b14-10+/t11-/m1/s1. The van der Waals surface area contributed by atoms with E-state index in [0.717, 1.165) is 28.6 Å². The number of nitrogens with one attached hydrogen (secondary N) is 1. The molecule has 0 radical (unpaired) electrons. The number of nitrogens with zero attached hydrogens (tertiary/aromatic N) is 1. The minimum absolute atomic E-state index is 0.133. The third-order valence-corrected chi connectivity index (χ3v) is 4.20. The van der Waals surface area contributed by atoms with E-state index in [0.29, 0.717) is 12.2 Å². The lowest BCUT2D eigenvalue weighted by molar-refractivity contribution is -0.122. The highest BCUT2D eigenvalue weighted by atomic mass is 79.9. The number of benzene rings is 1. The second-order valence-corrected chi connectivity index (χ2v) is 6.33. The van der Waals surface area contributed by atoms with Gasteiger partial charge in [-0.15, -0.1) is 0 Å². The number of imide groups is 1. The van der Waals surface area contributed by atoms with Crippen LogP contribution in [0.15, 0.2) is 28.4 Å². The van der Waals surface area contributed by atoms with Crippen molar-refractivity contribution in [3.63, 3.8) is 0 Å². The van der Waals surface area contributed by atoms with Gasteiger partial charge in [0.15, 0.2) is 0 Å². The monoisotopic (exact) mass is 380 g/mol. The van der Waals surface area contributed by atoms with Gasteiger partial charge in [0.1, 0.15) is 11.4 Å². The Kier molecular flexibility index (Phi) is 5.82. The summed E-state index contributed by atoms with van der Waals surface area (Å²) in [5.74, 6) is 0.476. The zero-order valence-electron chi connectivity index (χ0n) is 13.6. The predicted molar refractivity (Wildman–Crippen MR) is 93.0 cm³/mol. The van der Waals surface area contributed by atoms with Crippen molar-refractivity contribution < 1.29 is 14.3 Å². The second kappa shape index (κ2) is 7.64. The molecule has 1 fully saturated rings. The third kappa shape index (κ3) is 4.13. The van der Waals surface area contributed by atoms with Crippen LogP contribution in [0.3, 0.4) is 0 Å². The van der Waals surface area contributed by atoms with Crippen LogP contribution in [-0.4, -0.2) is 29.5 Å². The Morgan fingerprint density at radius 1 is 1.35 bits per heavy atom. The minimum Gasteiger partial charge on any atom is -0.490 e. The van der Waals surface area contributed by atoms with Crippen molar-refractivity contribution in [2.75, 3.05) is 6.54 Å². The van der Waals surface area contributed by atoms with Gasteiger partial charge in [0.2, 0.25) is 0 Å². The number of urea groups is 1. The summed E-state index contributed by atoms with van der Waals surface area (Å²) in [5, 5.41) is 2.61. The van der Waals surface area contributed by atoms with Crippen molar-refractivity contribution in [3.8, 4) is 5.75 Å². The zero-order valence-corrected chi connectivity index (χ0v) is 15.1. The van der Waals surface area contributed by atoms with Crippen LogP contribution in [0, 0.1) is 0 Å². The molecule has 1 aromatic rings. The van der Waals surface area contributed by atoms with Crippen LogP contribution in [0.1, 0.15) is 39.2 Å². The lowest BCUT2D eigenvalue weighted by Crippen LogP contribution is -2.31. The van der Waals surface area contributed by atoms with E-state index in [1.807, 2.05) is 32.0 Å². The van der Waals surface area contributed by atoms with Crippen molar-refractivity contribution in [1.82, 2.24) is 10.2 Å². The highest BCUT2D eigenvalue weighted by Crippen LogP contribution is 2.28. The molecule has 1 N–H and O–H groups in total. The van der Waals surface area contributed by atoms with Gasteiger partial charge in [-0.05, 0) is 59.5 Å². The van der Waals surface area contributed by atoms with E-state index in [9.17, 15) is 9.59 Å². The first-order valence-corrected chi connectivity index (χ1v) is 8.56. The summed E-state index contributed by atoms with van der Waals surface area (Å²) in [6, 6.07) is 5.22. The first-order chi connectivity index (χ1) is 11.0. The molecular weight excluding hydrogens is 360 g/mol. The largest absolute Gasteiger partial charge is 0.490 e. The van der Waals surface area contributed by atoms with E-state index in [1.54, 1.807) is 6.08 Å².